The fourth-order valence-electron chi connectivity index (χ4n) is 2.48. The van der Waals surface area contributed by atoms with Gasteiger partial charge in [0.15, 0.2) is 6.61 Å². The number of rotatable bonds is 4. The van der Waals surface area contributed by atoms with Crippen LogP contribution in [0.15, 0.2) is 28.7 Å². The fraction of sp³-hybridized carbons (Fsp3) is 0.533. The topological polar surface area (TPSA) is 29.5 Å². The molecule has 0 atom stereocenters. The number of likely N-dealkylation sites (N-methyl/N-ethyl adjacent to an activating group) is 1. The van der Waals surface area contributed by atoms with Gasteiger partial charge in [-0.15, -0.1) is 0 Å². The molecule has 0 saturated heterocycles. The van der Waals surface area contributed by atoms with Gasteiger partial charge < -0.3 is 9.64 Å². The molecule has 1 saturated carbocycles. The van der Waals surface area contributed by atoms with Gasteiger partial charge in [0.1, 0.15) is 5.75 Å². The third-order valence-electron chi connectivity index (χ3n) is 3.67. The molecule has 19 heavy (non-hydrogen) atoms. The molecule has 1 aromatic carbocycles. The molecule has 0 radical (unpaired) electrons. The Morgan fingerprint density at radius 1 is 1.37 bits per heavy atom. The molecule has 1 aliphatic carbocycles. The summed E-state index contributed by atoms with van der Waals surface area (Å²) in [5.74, 6) is 0.784. The first-order valence-corrected chi connectivity index (χ1v) is 7.60. The van der Waals surface area contributed by atoms with E-state index < -0.39 is 0 Å². The molecule has 0 N–H and O–H groups in total. The number of carbonyl (C=O) groups is 1. The normalized spacial score (nSPS) is 16.1. The van der Waals surface area contributed by atoms with Crippen LogP contribution < -0.4 is 4.74 Å². The van der Waals surface area contributed by atoms with Crippen LogP contribution >= 0.6 is 15.9 Å². The Bertz CT molecular complexity index is 430. The highest BCUT2D eigenvalue weighted by Gasteiger charge is 2.22. The van der Waals surface area contributed by atoms with Crippen LogP contribution in [0.25, 0.3) is 0 Å². The lowest BCUT2D eigenvalue weighted by Crippen LogP contribution is -2.40. The molecule has 0 spiro atoms. The predicted molar refractivity (Wildman–Crippen MR) is 79.3 cm³/mol. The second-order valence-electron chi connectivity index (χ2n) is 5.04. The molecule has 0 unspecified atom stereocenters. The number of ether oxygens (including phenoxy) is 1. The first-order chi connectivity index (χ1) is 9.16. The summed E-state index contributed by atoms with van der Waals surface area (Å²) in [5, 5.41) is 0. The third kappa shape index (κ3) is 4.23. The molecule has 0 aromatic heterocycles. The minimum absolute atomic E-state index is 0.0619. The van der Waals surface area contributed by atoms with Crippen molar-refractivity contribution in [1.82, 2.24) is 4.90 Å². The standard InChI is InChI=1S/C15H20BrNO2/c1-17(13-7-3-2-4-8-13)15(18)11-19-14-9-5-6-12(16)10-14/h5-6,9-10,13H,2-4,7-8,11H2,1H3. The lowest BCUT2D eigenvalue weighted by Gasteiger charge is -2.31. The van der Waals surface area contributed by atoms with Gasteiger partial charge in [-0.3, -0.25) is 4.79 Å². The van der Waals surface area contributed by atoms with Gasteiger partial charge in [0.05, 0.1) is 0 Å². The highest BCUT2D eigenvalue weighted by atomic mass is 79.9. The molecule has 3 nitrogen and oxygen atoms in total. The molecule has 0 aliphatic heterocycles. The molecule has 104 valence electrons. The summed E-state index contributed by atoms with van der Waals surface area (Å²) in [6.07, 6.45) is 6.01. The van der Waals surface area contributed by atoms with Crippen LogP contribution in [0.2, 0.25) is 0 Å². The van der Waals surface area contributed by atoms with Crippen LogP contribution in [0.5, 0.6) is 5.75 Å². The summed E-state index contributed by atoms with van der Waals surface area (Å²) < 4.78 is 6.50. The van der Waals surface area contributed by atoms with Crippen LogP contribution in [0.3, 0.4) is 0 Å². The Hall–Kier alpha value is -1.03. The van der Waals surface area contributed by atoms with E-state index in [0.717, 1.165) is 23.1 Å². The highest BCUT2D eigenvalue weighted by Crippen LogP contribution is 2.22. The lowest BCUT2D eigenvalue weighted by atomic mass is 9.94. The summed E-state index contributed by atoms with van der Waals surface area (Å²) in [4.78, 5) is 13.9. The number of hydrogen-bond donors (Lipinski definition) is 0. The maximum Gasteiger partial charge on any atom is 0.260 e. The first kappa shape index (κ1) is 14.4. The van der Waals surface area contributed by atoms with E-state index in [-0.39, 0.29) is 12.5 Å². The van der Waals surface area contributed by atoms with Gasteiger partial charge in [0.25, 0.3) is 5.91 Å². The second kappa shape index (κ2) is 6.94. The zero-order valence-electron chi connectivity index (χ0n) is 11.3. The predicted octanol–water partition coefficient (Wildman–Crippen LogP) is 3.62. The average Bonchev–Trinajstić information content (AvgIpc) is 2.45. The summed E-state index contributed by atoms with van der Waals surface area (Å²) in [6, 6.07) is 7.96. The molecule has 2 rings (SSSR count). The molecule has 1 fully saturated rings. The van der Waals surface area contributed by atoms with Crippen molar-refractivity contribution >= 4 is 21.8 Å². The Kier molecular flexibility index (Phi) is 5.25. The Morgan fingerprint density at radius 3 is 2.79 bits per heavy atom. The van der Waals surface area contributed by atoms with E-state index >= 15 is 0 Å². The maximum absolute atomic E-state index is 12.1. The average molecular weight is 326 g/mol. The highest BCUT2D eigenvalue weighted by molar-refractivity contribution is 9.10. The Balaban J connectivity index is 1.83. The lowest BCUT2D eigenvalue weighted by molar-refractivity contribution is -0.134. The van der Waals surface area contributed by atoms with Crippen LogP contribution in [-0.4, -0.2) is 30.5 Å². The van der Waals surface area contributed by atoms with E-state index in [1.54, 1.807) is 0 Å². The van der Waals surface area contributed by atoms with Crippen molar-refractivity contribution in [2.45, 2.75) is 38.1 Å². The van der Waals surface area contributed by atoms with Gasteiger partial charge in [-0.1, -0.05) is 41.3 Å². The molecule has 1 amide bonds. The largest absolute Gasteiger partial charge is 0.484 e. The first-order valence-electron chi connectivity index (χ1n) is 6.81. The second-order valence-corrected chi connectivity index (χ2v) is 5.96. The minimum atomic E-state index is 0.0619. The summed E-state index contributed by atoms with van der Waals surface area (Å²) in [6.45, 7) is 0.115. The van der Waals surface area contributed by atoms with E-state index in [1.165, 1.54) is 19.3 Å². The van der Waals surface area contributed by atoms with Crippen LogP contribution in [-0.2, 0) is 4.79 Å². The van der Waals surface area contributed by atoms with Crippen molar-refractivity contribution < 1.29 is 9.53 Å². The van der Waals surface area contributed by atoms with Gasteiger partial charge >= 0.3 is 0 Å². The fourth-order valence-corrected chi connectivity index (χ4v) is 2.85. The summed E-state index contributed by atoms with van der Waals surface area (Å²) in [7, 11) is 1.89. The number of halogens is 1. The van der Waals surface area contributed by atoms with Crippen LogP contribution in [0.1, 0.15) is 32.1 Å². The monoisotopic (exact) mass is 325 g/mol. The quantitative estimate of drug-likeness (QED) is 0.846. The molecule has 1 aliphatic rings. The van der Waals surface area contributed by atoms with Crippen LogP contribution in [0, 0.1) is 0 Å². The smallest absolute Gasteiger partial charge is 0.260 e. The molecular formula is C15H20BrNO2. The minimum Gasteiger partial charge on any atom is -0.484 e. The molecule has 1 aromatic rings. The van der Waals surface area contributed by atoms with Gasteiger partial charge in [-0.25, -0.2) is 0 Å². The number of nitrogens with zero attached hydrogens (tertiary/aromatic N) is 1. The van der Waals surface area contributed by atoms with Crippen molar-refractivity contribution in [2.24, 2.45) is 0 Å². The SMILES string of the molecule is CN(C(=O)COc1cccc(Br)c1)C1CCCCC1. The summed E-state index contributed by atoms with van der Waals surface area (Å²) in [5.41, 5.74) is 0. The van der Waals surface area contributed by atoms with Gasteiger partial charge in [-0.2, -0.15) is 0 Å². The van der Waals surface area contributed by atoms with Gasteiger partial charge in [0, 0.05) is 17.6 Å². The van der Waals surface area contributed by atoms with Crippen molar-refractivity contribution in [3.63, 3.8) is 0 Å². The van der Waals surface area contributed by atoms with E-state index in [0.29, 0.717) is 6.04 Å². The number of amides is 1. The number of hydrogen-bond acceptors (Lipinski definition) is 2. The van der Waals surface area contributed by atoms with E-state index in [9.17, 15) is 4.79 Å². The number of benzene rings is 1. The molecule has 0 bridgehead atoms. The summed E-state index contributed by atoms with van der Waals surface area (Å²) >= 11 is 3.39. The van der Waals surface area contributed by atoms with E-state index in [2.05, 4.69) is 15.9 Å². The number of carbonyl (C=O) groups excluding carboxylic acids is 1. The third-order valence-corrected chi connectivity index (χ3v) is 4.17. The van der Waals surface area contributed by atoms with Crippen molar-refractivity contribution in [3.05, 3.63) is 28.7 Å². The Morgan fingerprint density at radius 2 is 2.11 bits per heavy atom. The zero-order valence-corrected chi connectivity index (χ0v) is 12.9. The zero-order chi connectivity index (χ0) is 13.7. The molecule has 4 heteroatoms. The van der Waals surface area contributed by atoms with E-state index in [1.807, 2.05) is 36.2 Å². The molecular weight excluding hydrogens is 306 g/mol. The van der Waals surface area contributed by atoms with Crippen molar-refractivity contribution in [1.29, 1.82) is 0 Å². The van der Waals surface area contributed by atoms with E-state index in [4.69, 9.17) is 4.74 Å². The van der Waals surface area contributed by atoms with Crippen molar-refractivity contribution in [3.8, 4) is 5.75 Å². The van der Waals surface area contributed by atoms with Gasteiger partial charge in [-0.05, 0) is 31.0 Å². The van der Waals surface area contributed by atoms with Crippen molar-refractivity contribution in [2.75, 3.05) is 13.7 Å². The van der Waals surface area contributed by atoms with Crippen LogP contribution in [0.4, 0.5) is 0 Å². The van der Waals surface area contributed by atoms with Gasteiger partial charge in [0.2, 0.25) is 0 Å². The molecule has 0 heterocycles. The Labute approximate surface area is 123 Å². The maximum atomic E-state index is 12.1.